The fraction of sp³-hybridized carbons (Fsp3) is 0.846. The van der Waals surface area contributed by atoms with Crippen LogP contribution in [0.3, 0.4) is 0 Å². The van der Waals surface area contributed by atoms with Crippen LogP contribution in [0.1, 0.15) is 46.5 Å². The molecule has 0 aromatic heterocycles. The molecule has 0 heterocycles. The lowest BCUT2D eigenvalue weighted by Gasteiger charge is -2.36. The molecule has 0 aromatic rings. The molecule has 0 saturated heterocycles. The monoisotopic (exact) mass is 255 g/mol. The smallest absolute Gasteiger partial charge is 0.236 e. The Balaban J connectivity index is 2.98. The molecular weight excluding hydrogens is 230 g/mol. The third-order valence-electron chi connectivity index (χ3n) is 4.36. The van der Waals surface area contributed by atoms with E-state index in [0.29, 0.717) is 18.8 Å². The van der Waals surface area contributed by atoms with E-state index in [0.717, 1.165) is 12.8 Å². The van der Waals surface area contributed by atoms with E-state index in [1.165, 1.54) is 0 Å². The number of rotatable bonds is 4. The minimum atomic E-state index is -0.785. The highest BCUT2D eigenvalue weighted by Crippen LogP contribution is 2.40. The van der Waals surface area contributed by atoms with Crippen molar-refractivity contribution in [1.29, 1.82) is 0 Å². The second kappa shape index (κ2) is 5.59. The first-order valence-electron chi connectivity index (χ1n) is 6.62. The van der Waals surface area contributed by atoms with Gasteiger partial charge in [-0.25, -0.2) is 0 Å². The molecule has 1 amide bonds. The van der Waals surface area contributed by atoms with Crippen LogP contribution in [-0.4, -0.2) is 34.9 Å². The summed E-state index contributed by atoms with van der Waals surface area (Å²) in [6.07, 6.45) is 3.26. The molecule has 0 aromatic carbocycles. The maximum Gasteiger partial charge on any atom is 0.236 e. The first kappa shape index (κ1) is 14.8. The van der Waals surface area contributed by atoms with Gasteiger partial charge in [0.15, 0.2) is 5.84 Å². The zero-order valence-electron chi connectivity index (χ0n) is 11.8. The van der Waals surface area contributed by atoms with Crippen LogP contribution in [0.5, 0.6) is 0 Å². The molecule has 1 aliphatic rings. The summed E-state index contributed by atoms with van der Waals surface area (Å²) in [4.78, 5) is 14.4. The minimum absolute atomic E-state index is 0.0171. The van der Waals surface area contributed by atoms with E-state index >= 15 is 0 Å². The maximum absolute atomic E-state index is 12.7. The molecule has 0 aliphatic heterocycles. The van der Waals surface area contributed by atoms with Crippen LogP contribution in [0.2, 0.25) is 0 Å². The number of carbonyl (C=O) groups excluding carboxylic acids is 1. The van der Waals surface area contributed by atoms with Crippen molar-refractivity contribution in [3.05, 3.63) is 0 Å². The molecule has 1 aliphatic carbocycles. The van der Waals surface area contributed by atoms with E-state index in [2.05, 4.69) is 19.0 Å². The average molecular weight is 255 g/mol. The van der Waals surface area contributed by atoms with Crippen molar-refractivity contribution >= 4 is 11.7 Å². The molecule has 1 atom stereocenters. The van der Waals surface area contributed by atoms with Gasteiger partial charge in [0.2, 0.25) is 5.91 Å². The Morgan fingerprint density at radius 1 is 1.33 bits per heavy atom. The van der Waals surface area contributed by atoms with Crippen molar-refractivity contribution in [2.45, 2.75) is 52.5 Å². The SMILES string of the molecule is CC(C)C(C)N(C)C(=O)C1(C(N)=NO)CCCC1. The van der Waals surface area contributed by atoms with Crippen molar-refractivity contribution in [2.75, 3.05) is 7.05 Å². The lowest BCUT2D eigenvalue weighted by atomic mass is 9.82. The molecule has 1 saturated carbocycles. The number of carbonyl (C=O) groups is 1. The number of amides is 1. The quantitative estimate of drug-likeness (QED) is 0.348. The van der Waals surface area contributed by atoms with Gasteiger partial charge in [-0.1, -0.05) is 31.8 Å². The van der Waals surface area contributed by atoms with Crippen LogP contribution in [0.15, 0.2) is 5.16 Å². The highest BCUT2D eigenvalue weighted by molar-refractivity contribution is 6.07. The first-order valence-corrected chi connectivity index (χ1v) is 6.62. The molecule has 3 N–H and O–H groups in total. The first-order chi connectivity index (χ1) is 8.36. The summed E-state index contributed by atoms with van der Waals surface area (Å²) >= 11 is 0. The van der Waals surface area contributed by atoms with Crippen LogP contribution in [0.4, 0.5) is 0 Å². The van der Waals surface area contributed by atoms with E-state index < -0.39 is 5.41 Å². The summed E-state index contributed by atoms with van der Waals surface area (Å²) in [5.41, 5.74) is 5.00. The Labute approximate surface area is 109 Å². The van der Waals surface area contributed by atoms with Gasteiger partial charge in [0.1, 0.15) is 5.41 Å². The van der Waals surface area contributed by atoms with Gasteiger partial charge in [0.05, 0.1) is 0 Å². The zero-order chi connectivity index (χ0) is 13.9. The van der Waals surface area contributed by atoms with Crippen LogP contribution in [0, 0.1) is 11.3 Å². The van der Waals surface area contributed by atoms with E-state index in [1.54, 1.807) is 11.9 Å². The normalized spacial score (nSPS) is 21.1. The number of amidine groups is 1. The van der Waals surface area contributed by atoms with Gasteiger partial charge in [-0.3, -0.25) is 4.79 Å². The van der Waals surface area contributed by atoms with Gasteiger partial charge in [0, 0.05) is 13.1 Å². The van der Waals surface area contributed by atoms with Crippen molar-refractivity contribution in [3.8, 4) is 0 Å². The summed E-state index contributed by atoms with van der Waals surface area (Å²) in [5, 5.41) is 12.0. The maximum atomic E-state index is 12.7. The van der Waals surface area contributed by atoms with Gasteiger partial charge in [-0.2, -0.15) is 0 Å². The molecule has 0 bridgehead atoms. The molecular formula is C13H25N3O2. The van der Waals surface area contributed by atoms with E-state index in [9.17, 15) is 4.79 Å². The van der Waals surface area contributed by atoms with Crippen LogP contribution in [0.25, 0.3) is 0 Å². The van der Waals surface area contributed by atoms with Crippen molar-refractivity contribution in [2.24, 2.45) is 22.2 Å². The Morgan fingerprint density at radius 2 is 1.83 bits per heavy atom. The Hall–Kier alpha value is -1.26. The summed E-state index contributed by atoms with van der Waals surface area (Å²) in [5.74, 6) is 0.425. The second-order valence-electron chi connectivity index (χ2n) is 5.68. The predicted molar refractivity (Wildman–Crippen MR) is 71.4 cm³/mol. The van der Waals surface area contributed by atoms with Crippen LogP contribution >= 0.6 is 0 Å². The van der Waals surface area contributed by atoms with Gasteiger partial charge >= 0.3 is 0 Å². The molecule has 0 spiro atoms. The number of oxime groups is 1. The lowest BCUT2D eigenvalue weighted by molar-refractivity contribution is -0.139. The van der Waals surface area contributed by atoms with Crippen molar-refractivity contribution < 1.29 is 10.0 Å². The summed E-state index contributed by atoms with van der Waals surface area (Å²) in [6, 6.07) is 0.140. The molecule has 104 valence electrons. The summed E-state index contributed by atoms with van der Waals surface area (Å²) in [6.45, 7) is 6.19. The number of hydrogen-bond acceptors (Lipinski definition) is 3. The van der Waals surface area contributed by atoms with E-state index in [-0.39, 0.29) is 17.8 Å². The standard InChI is InChI=1S/C13H25N3O2/c1-9(2)10(3)16(4)12(17)13(11(14)15-18)7-5-6-8-13/h9-10,18H,5-8H2,1-4H3,(H2,14,15). The molecule has 1 rings (SSSR count). The number of hydrogen-bond donors (Lipinski definition) is 2. The van der Waals surface area contributed by atoms with Gasteiger partial charge < -0.3 is 15.8 Å². The third-order valence-corrected chi connectivity index (χ3v) is 4.36. The summed E-state index contributed by atoms with van der Waals surface area (Å²) < 4.78 is 0. The summed E-state index contributed by atoms with van der Waals surface area (Å²) in [7, 11) is 1.80. The van der Waals surface area contributed by atoms with Gasteiger partial charge in [0.25, 0.3) is 0 Å². The van der Waals surface area contributed by atoms with Crippen LogP contribution in [-0.2, 0) is 4.79 Å². The Morgan fingerprint density at radius 3 is 2.22 bits per heavy atom. The fourth-order valence-electron chi connectivity index (χ4n) is 2.62. The highest BCUT2D eigenvalue weighted by atomic mass is 16.4. The third kappa shape index (κ3) is 2.44. The molecule has 1 unspecified atom stereocenters. The van der Waals surface area contributed by atoms with Crippen LogP contribution < -0.4 is 5.73 Å². The zero-order valence-corrected chi connectivity index (χ0v) is 11.8. The second-order valence-corrected chi connectivity index (χ2v) is 5.68. The molecule has 18 heavy (non-hydrogen) atoms. The predicted octanol–water partition coefficient (Wildman–Crippen LogP) is 1.80. The van der Waals surface area contributed by atoms with E-state index in [4.69, 9.17) is 10.9 Å². The van der Waals surface area contributed by atoms with E-state index in [1.807, 2.05) is 6.92 Å². The van der Waals surface area contributed by atoms with Crippen molar-refractivity contribution in [3.63, 3.8) is 0 Å². The Bertz CT molecular complexity index is 333. The van der Waals surface area contributed by atoms with Gasteiger partial charge in [-0.15, -0.1) is 0 Å². The average Bonchev–Trinajstić information content (AvgIpc) is 2.85. The topological polar surface area (TPSA) is 78.9 Å². The fourth-order valence-corrected chi connectivity index (χ4v) is 2.62. The molecule has 0 radical (unpaired) electrons. The molecule has 1 fully saturated rings. The number of nitrogens with two attached hydrogens (primary N) is 1. The molecule has 5 nitrogen and oxygen atoms in total. The largest absolute Gasteiger partial charge is 0.409 e. The molecule has 5 heteroatoms. The highest BCUT2D eigenvalue weighted by Gasteiger charge is 2.47. The van der Waals surface area contributed by atoms with Gasteiger partial charge in [-0.05, 0) is 25.7 Å². The minimum Gasteiger partial charge on any atom is -0.409 e. The Kier molecular flexibility index (Phi) is 4.59. The number of nitrogens with zero attached hydrogens (tertiary/aromatic N) is 2. The van der Waals surface area contributed by atoms with Crippen molar-refractivity contribution in [1.82, 2.24) is 4.90 Å². The lowest BCUT2D eigenvalue weighted by Crippen LogP contribution is -2.52.